The van der Waals surface area contributed by atoms with Crippen LogP contribution >= 0.6 is 15.9 Å². The molecule has 0 bridgehead atoms. The quantitative estimate of drug-likeness (QED) is 0.705. The van der Waals surface area contributed by atoms with E-state index in [1.54, 1.807) is 14.0 Å². The first kappa shape index (κ1) is 15.5. The lowest BCUT2D eigenvalue weighted by atomic mass is 10.1. The van der Waals surface area contributed by atoms with E-state index in [-0.39, 0.29) is 5.78 Å². The van der Waals surface area contributed by atoms with Crippen LogP contribution in [-0.4, -0.2) is 32.1 Å². The highest BCUT2D eigenvalue weighted by atomic mass is 79.9. The number of carbonyl (C=O) groups is 1. The van der Waals surface area contributed by atoms with Gasteiger partial charge in [0.2, 0.25) is 0 Å². The maximum absolute atomic E-state index is 11.4. The van der Waals surface area contributed by atoms with E-state index in [1.165, 1.54) is 12.8 Å². The molecule has 0 radical (unpaired) electrons. The largest absolute Gasteiger partial charge is 0.383 e. The maximum atomic E-state index is 11.4. The van der Waals surface area contributed by atoms with Crippen LogP contribution in [0.5, 0.6) is 0 Å². The molecule has 2 rings (SSSR count). The van der Waals surface area contributed by atoms with Crippen LogP contribution in [0.2, 0.25) is 0 Å². The Bertz CT molecular complexity index is 485. The zero-order valence-electron chi connectivity index (χ0n) is 12.4. The summed E-state index contributed by atoms with van der Waals surface area (Å²) in [6, 6.07) is 6.36. The molecule has 0 saturated heterocycles. The Morgan fingerprint density at radius 2 is 2.20 bits per heavy atom. The summed E-state index contributed by atoms with van der Waals surface area (Å²) in [5.74, 6) is 0.877. The summed E-state index contributed by atoms with van der Waals surface area (Å²) in [5.41, 5.74) is 1.89. The van der Waals surface area contributed by atoms with Gasteiger partial charge in [0, 0.05) is 29.7 Å². The van der Waals surface area contributed by atoms with Crippen LogP contribution in [0.4, 0.5) is 5.69 Å². The van der Waals surface area contributed by atoms with E-state index in [9.17, 15) is 4.79 Å². The first-order valence-electron chi connectivity index (χ1n) is 7.10. The van der Waals surface area contributed by atoms with Crippen LogP contribution in [-0.2, 0) is 4.74 Å². The Labute approximate surface area is 129 Å². The second kappa shape index (κ2) is 6.72. The number of Topliss-reactive ketones (excluding diaryl/α,β-unsaturated/α-hetero) is 1. The van der Waals surface area contributed by atoms with Gasteiger partial charge in [-0.1, -0.05) is 0 Å². The van der Waals surface area contributed by atoms with Crippen LogP contribution < -0.4 is 4.90 Å². The third kappa shape index (κ3) is 3.61. The highest BCUT2D eigenvalue weighted by Gasteiger charge is 2.32. The molecule has 0 spiro atoms. The Kier molecular flexibility index (Phi) is 5.22. The van der Waals surface area contributed by atoms with Crippen molar-refractivity contribution in [2.45, 2.75) is 32.7 Å². The predicted octanol–water partition coefficient (Wildman–Crippen LogP) is 3.90. The predicted molar refractivity (Wildman–Crippen MR) is 85.6 cm³/mol. The normalized spacial score (nSPS) is 16.0. The molecule has 1 unspecified atom stereocenters. The van der Waals surface area contributed by atoms with E-state index in [0.717, 1.165) is 28.2 Å². The molecule has 1 saturated carbocycles. The van der Waals surface area contributed by atoms with E-state index < -0.39 is 0 Å². The summed E-state index contributed by atoms with van der Waals surface area (Å²) in [6.07, 6.45) is 2.63. The van der Waals surface area contributed by atoms with Gasteiger partial charge in [-0.15, -0.1) is 0 Å². The van der Waals surface area contributed by atoms with E-state index in [4.69, 9.17) is 4.74 Å². The maximum Gasteiger partial charge on any atom is 0.159 e. The standard InChI is InChI=1S/C16H22BrNO2/c1-11(13-4-5-13)18(8-9-20-3)16-7-6-14(12(2)19)10-15(16)17/h6-7,10-11,13H,4-5,8-9H2,1-3H3. The number of hydrogen-bond donors (Lipinski definition) is 0. The molecule has 1 aliphatic carbocycles. The highest BCUT2D eigenvalue weighted by molar-refractivity contribution is 9.10. The molecule has 110 valence electrons. The molecule has 0 aromatic heterocycles. The molecule has 1 aromatic rings. The van der Waals surface area contributed by atoms with Crippen molar-refractivity contribution in [2.24, 2.45) is 5.92 Å². The molecule has 0 N–H and O–H groups in total. The van der Waals surface area contributed by atoms with Crippen LogP contribution in [0.15, 0.2) is 22.7 Å². The number of anilines is 1. The van der Waals surface area contributed by atoms with Crippen molar-refractivity contribution in [3.05, 3.63) is 28.2 Å². The minimum Gasteiger partial charge on any atom is -0.383 e. The van der Waals surface area contributed by atoms with Gasteiger partial charge < -0.3 is 9.64 Å². The monoisotopic (exact) mass is 339 g/mol. The van der Waals surface area contributed by atoms with E-state index >= 15 is 0 Å². The fourth-order valence-electron chi connectivity index (χ4n) is 2.53. The van der Waals surface area contributed by atoms with Crippen LogP contribution in [0, 0.1) is 5.92 Å². The topological polar surface area (TPSA) is 29.5 Å². The Balaban J connectivity index is 2.25. The van der Waals surface area contributed by atoms with Crippen molar-refractivity contribution in [3.8, 4) is 0 Å². The number of ketones is 1. The number of methoxy groups -OCH3 is 1. The molecule has 1 fully saturated rings. The lowest BCUT2D eigenvalue weighted by Gasteiger charge is -2.32. The van der Waals surface area contributed by atoms with Gasteiger partial charge >= 0.3 is 0 Å². The minimum absolute atomic E-state index is 0.0935. The SMILES string of the molecule is COCCN(c1ccc(C(C)=O)cc1Br)C(C)C1CC1. The molecule has 1 atom stereocenters. The average Bonchev–Trinajstić information content (AvgIpc) is 3.24. The summed E-state index contributed by atoms with van der Waals surface area (Å²) < 4.78 is 6.22. The van der Waals surface area contributed by atoms with Crippen LogP contribution in [0.3, 0.4) is 0 Å². The molecule has 0 amide bonds. The molecule has 0 heterocycles. The molecule has 3 nitrogen and oxygen atoms in total. The summed E-state index contributed by atoms with van der Waals surface area (Å²) >= 11 is 3.61. The Morgan fingerprint density at radius 3 is 2.70 bits per heavy atom. The van der Waals surface area contributed by atoms with Crippen molar-refractivity contribution in [1.29, 1.82) is 0 Å². The average molecular weight is 340 g/mol. The Hall–Kier alpha value is -0.870. The van der Waals surface area contributed by atoms with Crippen molar-refractivity contribution < 1.29 is 9.53 Å². The minimum atomic E-state index is 0.0935. The molecule has 20 heavy (non-hydrogen) atoms. The smallest absolute Gasteiger partial charge is 0.159 e. The molecule has 0 aliphatic heterocycles. The number of nitrogens with zero attached hydrogens (tertiary/aromatic N) is 1. The molecular formula is C16H22BrNO2. The second-order valence-electron chi connectivity index (χ2n) is 5.49. The van der Waals surface area contributed by atoms with Gasteiger partial charge in [0.15, 0.2) is 5.78 Å². The van der Waals surface area contributed by atoms with Crippen molar-refractivity contribution in [2.75, 3.05) is 25.2 Å². The first-order valence-corrected chi connectivity index (χ1v) is 7.90. The third-order valence-corrected chi connectivity index (χ3v) is 4.63. The number of hydrogen-bond acceptors (Lipinski definition) is 3. The lowest BCUT2D eigenvalue weighted by molar-refractivity contribution is 0.101. The van der Waals surface area contributed by atoms with E-state index in [0.29, 0.717) is 12.6 Å². The highest BCUT2D eigenvalue weighted by Crippen LogP contribution is 2.38. The van der Waals surface area contributed by atoms with E-state index in [2.05, 4.69) is 27.8 Å². The first-order chi connectivity index (χ1) is 9.54. The lowest BCUT2D eigenvalue weighted by Crippen LogP contribution is -2.37. The van der Waals surface area contributed by atoms with Gasteiger partial charge in [-0.2, -0.15) is 0 Å². The number of halogens is 1. The van der Waals surface area contributed by atoms with Gasteiger partial charge in [-0.05, 0) is 66.7 Å². The molecule has 1 aliphatic rings. The molecule has 4 heteroatoms. The zero-order valence-corrected chi connectivity index (χ0v) is 13.9. The van der Waals surface area contributed by atoms with Crippen LogP contribution in [0.25, 0.3) is 0 Å². The second-order valence-corrected chi connectivity index (χ2v) is 6.34. The number of benzene rings is 1. The fourth-order valence-corrected chi connectivity index (χ4v) is 3.13. The number of carbonyl (C=O) groups excluding carboxylic acids is 1. The van der Waals surface area contributed by atoms with Crippen molar-refractivity contribution in [3.63, 3.8) is 0 Å². The summed E-state index contributed by atoms with van der Waals surface area (Å²) in [6.45, 7) is 5.44. The van der Waals surface area contributed by atoms with Crippen LogP contribution in [0.1, 0.15) is 37.0 Å². The van der Waals surface area contributed by atoms with Gasteiger partial charge in [-0.25, -0.2) is 0 Å². The number of ether oxygens (including phenoxy) is 1. The van der Waals surface area contributed by atoms with Gasteiger partial charge in [0.05, 0.1) is 12.3 Å². The summed E-state index contributed by atoms with van der Waals surface area (Å²) in [5, 5.41) is 0. The zero-order chi connectivity index (χ0) is 14.7. The van der Waals surface area contributed by atoms with Gasteiger partial charge in [0.1, 0.15) is 0 Å². The Morgan fingerprint density at radius 1 is 1.50 bits per heavy atom. The molecule has 1 aromatic carbocycles. The summed E-state index contributed by atoms with van der Waals surface area (Å²) in [7, 11) is 1.73. The van der Waals surface area contributed by atoms with E-state index in [1.807, 2.05) is 18.2 Å². The fraction of sp³-hybridized carbons (Fsp3) is 0.562. The van der Waals surface area contributed by atoms with Gasteiger partial charge in [0.25, 0.3) is 0 Å². The van der Waals surface area contributed by atoms with Crippen molar-refractivity contribution in [1.82, 2.24) is 0 Å². The molecular weight excluding hydrogens is 318 g/mol. The third-order valence-electron chi connectivity index (χ3n) is 4.00. The summed E-state index contributed by atoms with van der Waals surface area (Å²) in [4.78, 5) is 13.8. The van der Waals surface area contributed by atoms with Gasteiger partial charge in [-0.3, -0.25) is 4.79 Å². The number of rotatable bonds is 7. The van der Waals surface area contributed by atoms with Crippen molar-refractivity contribution >= 4 is 27.4 Å².